The Labute approximate surface area is 134 Å². The Balaban J connectivity index is 2.72. The average Bonchev–Trinajstić information content (AvgIpc) is 3.01. The van der Waals surface area contributed by atoms with Crippen molar-refractivity contribution in [2.75, 3.05) is 0 Å². The van der Waals surface area contributed by atoms with E-state index < -0.39 is 22.6 Å². The van der Waals surface area contributed by atoms with Crippen LogP contribution in [0.4, 0.5) is 0 Å². The molecular formula is C17H18N4O2. The van der Waals surface area contributed by atoms with E-state index in [9.17, 15) is 9.59 Å². The summed E-state index contributed by atoms with van der Waals surface area (Å²) in [6.07, 6.45) is 5.19. The van der Waals surface area contributed by atoms with Gasteiger partial charge in [0.05, 0.1) is 0 Å². The van der Waals surface area contributed by atoms with Crippen LogP contribution in [0.1, 0.15) is 32.5 Å². The Bertz CT molecular complexity index is 786. The number of hydrogen-bond donors (Lipinski definition) is 3. The van der Waals surface area contributed by atoms with Crippen LogP contribution in [0.25, 0.3) is 5.57 Å². The highest BCUT2D eigenvalue weighted by Gasteiger charge is 2.50. The Morgan fingerprint density at radius 3 is 2.39 bits per heavy atom. The lowest BCUT2D eigenvalue weighted by Gasteiger charge is -2.37. The third-order valence-corrected chi connectivity index (χ3v) is 3.92. The lowest BCUT2D eigenvalue weighted by molar-refractivity contribution is -0.128. The minimum atomic E-state index is -1.31. The van der Waals surface area contributed by atoms with Crippen LogP contribution in [0.3, 0.4) is 0 Å². The fraction of sp³-hybridized carbons (Fsp3) is 0.353. The van der Waals surface area contributed by atoms with Crippen molar-refractivity contribution in [1.82, 2.24) is 9.97 Å². The van der Waals surface area contributed by atoms with Crippen molar-refractivity contribution < 1.29 is 9.59 Å². The zero-order chi connectivity index (χ0) is 17.1. The monoisotopic (exact) mass is 310 g/mol. The molecule has 1 aromatic rings. The van der Waals surface area contributed by atoms with Gasteiger partial charge in [-0.2, -0.15) is 0 Å². The summed E-state index contributed by atoms with van der Waals surface area (Å²) in [7, 11) is 0. The minimum Gasteiger partial charge on any atom is -0.368 e. The standard InChI is InChI=1S/C17H18N4O2/c1-3-5-16(14(18)22)9-12(13-20-7-8-21-13)10-17(11-16,6-4-2)15(19)23/h7-9H,10-11H2,1-2H3,(H2,18,22)(H2,19,23)(H,20,21). The molecule has 0 spiro atoms. The van der Waals surface area contributed by atoms with Crippen LogP contribution < -0.4 is 11.5 Å². The fourth-order valence-electron chi connectivity index (χ4n) is 2.94. The van der Waals surface area contributed by atoms with E-state index in [1.54, 1.807) is 32.3 Å². The third-order valence-electron chi connectivity index (χ3n) is 3.92. The van der Waals surface area contributed by atoms with Gasteiger partial charge in [0, 0.05) is 25.2 Å². The molecule has 2 unspecified atom stereocenters. The van der Waals surface area contributed by atoms with E-state index in [1.165, 1.54) is 0 Å². The molecule has 0 radical (unpaired) electrons. The molecule has 1 heterocycles. The highest BCUT2D eigenvalue weighted by atomic mass is 16.2. The largest absolute Gasteiger partial charge is 0.368 e. The normalized spacial score (nSPS) is 26.1. The van der Waals surface area contributed by atoms with Crippen molar-refractivity contribution in [1.29, 1.82) is 0 Å². The van der Waals surface area contributed by atoms with Crippen LogP contribution in [0.2, 0.25) is 0 Å². The van der Waals surface area contributed by atoms with E-state index in [4.69, 9.17) is 11.5 Å². The first-order valence-electron chi connectivity index (χ1n) is 7.08. The maximum absolute atomic E-state index is 12.2. The Kier molecular flexibility index (Phi) is 4.29. The van der Waals surface area contributed by atoms with E-state index in [1.807, 2.05) is 0 Å². The second-order valence-electron chi connectivity index (χ2n) is 5.49. The maximum Gasteiger partial charge on any atom is 0.239 e. The Morgan fingerprint density at radius 2 is 1.91 bits per heavy atom. The van der Waals surface area contributed by atoms with Gasteiger partial charge in [0.1, 0.15) is 16.7 Å². The number of aromatic amines is 1. The summed E-state index contributed by atoms with van der Waals surface area (Å²) in [6, 6.07) is 0. The zero-order valence-corrected chi connectivity index (χ0v) is 13.1. The number of aromatic nitrogens is 2. The van der Waals surface area contributed by atoms with Crippen LogP contribution in [0.15, 0.2) is 18.5 Å². The molecule has 0 saturated heterocycles. The predicted molar refractivity (Wildman–Crippen MR) is 86.0 cm³/mol. The number of imidazole rings is 1. The molecule has 6 nitrogen and oxygen atoms in total. The summed E-state index contributed by atoms with van der Waals surface area (Å²) in [4.78, 5) is 31.4. The van der Waals surface area contributed by atoms with Gasteiger partial charge in [-0.15, -0.1) is 11.8 Å². The van der Waals surface area contributed by atoms with Crippen molar-refractivity contribution in [3.63, 3.8) is 0 Å². The molecule has 23 heavy (non-hydrogen) atoms. The second kappa shape index (κ2) is 6.02. The van der Waals surface area contributed by atoms with Gasteiger partial charge in [0.25, 0.3) is 0 Å². The quantitative estimate of drug-likeness (QED) is 0.709. The van der Waals surface area contributed by atoms with Crippen LogP contribution in [0, 0.1) is 34.5 Å². The molecule has 1 aromatic heterocycles. The molecule has 5 N–H and O–H groups in total. The number of nitrogens with one attached hydrogen (secondary N) is 1. The first-order valence-corrected chi connectivity index (χ1v) is 7.08. The molecule has 0 saturated carbocycles. The smallest absolute Gasteiger partial charge is 0.239 e. The van der Waals surface area contributed by atoms with Gasteiger partial charge in [-0.1, -0.05) is 17.9 Å². The van der Waals surface area contributed by atoms with E-state index in [-0.39, 0.29) is 12.8 Å². The molecule has 0 aromatic carbocycles. The van der Waals surface area contributed by atoms with Crippen LogP contribution in [0.5, 0.6) is 0 Å². The third kappa shape index (κ3) is 2.84. The van der Waals surface area contributed by atoms with Crippen molar-refractivity contribution in [2.24, 2.45) is 22.3 Å². The number of nitrogens with zero attached hydrogens (tertiary/aromatic N) is 1. The van der Waals surface area contributed by atoms with Crippen LogP contribution in [-0.4, -0.2) is 21.8 Å². The van der Waals surface area contributed by atoms with Crippen molar-refractivity contribution in [3.8, 4) is 23.7 Å². The first-order chi connectivity index (χ1) is 10.9. The number of nitrogens with two attached hydrogens (primary N) is 2. The molecule has 2 rings (SSSR count). The summed E-state index contributed by atoms with van der Waals surface area (Å²) in [5, 5.41) is 0. The molecular weight excluding hydrogens is 292 g/mol. The van der Waals surface area contributed by atoms with Gasteiger partial charge < -0.3 is 16.5 Å². The number of carbonyl (C=O) groups is 2. The molecule has 6 heteroatoms. The van der Waals surface area contributed by atoms with Crippen LogP contribution >= 0.6 is 0 Å². The fourth-order valence-corrected chi connectivity index (χ4v) is 2.94. The van der Waals surface area contributed by atoms with Crippen LogP contribution in [-0.2, 0) is 9.59 Å². The van der Waals surface area contributed by atoms with E-state index in [0.29, 0.717) is 11.4 Å². The average molecular weight is 310 g/mol. The van der Waals surface area contributed by atoms with Gasteiger partial charge >= 0.3 is 0 Å². The molecule has 0 aliphatic heterocycles. The highest BCUT2D eigenvalue weighted by Crippen LogP contribution is 2.47. The highest BCUT2D eigenvalue weighted by molar-refractivity contribution is 5.94. The minimum absolute atomic E-state index is 0.0382. The van der Waals surface area contributed by atoms with E-state index in [2.05, 4.69) is 33.6 Å². The number of amides is 2. The summed E-state index contributed by atoms with van der Waals surface area (Å²) < 4.78 is 0. The lowest BCUT2D eigenvalue weighted by atomic mass is 9.62. The number of rotatable bonds is 3. The van der Waals surface area contributed by atoms with E-state index in [0.717, 1.165) is 0 Å². The molecule has 1 aliphatic carbocycles. The summed E-state index contributed by atoms with van der Waals surface area (Å²) in [6.45, 7) is 3.23. The van der Waals surface area contributed by atoms with Crippen molar-refractivity contribution >= 4 is 17.4 Å². The summed E-state index contributed by atoms with van der Waals surface area (Å²) in [5.41, 5.74) is 9.34. The maximum atomic E-state index is 12.2. The summed E-state index contributed by atoms with van der Waals surface area (Å²) >= 11 is 0. The number of carbonyl (C=O) groups excluding carboxylic acids is 2. The zero-order valence-electron chi connectivity index (χ0n) is 13.1. The number of H-pyrrole nitrogens is 1. The molecule has 0 bridgehead atoms. The molecule has 0 fully saturated rings. The van der Waals surface area contributed by atoms with Gasteiger partial charge in [-0.05, 0) is 19.4 Å². The second-order valence-corrected chi connectivity index (χ2v) is 5.49. The SMILES string of the molecule is CC#CC1(C(N)=O)C=C(c2ncc[nH]2)CC(C#CC)(C(N)=O)C1. The first kappa shape index (κ1) is 16.4. The van der Waals surface area contributed by atoms with Gasteiger partial charge in [0.2, 0.25) is 11.8 Å². The van der Waals surface area contributed by atoms with Crippen molar-refractivity contribution in [2.45, 2.75) is 26.7 Å². The molecule has 2 atom stereocenters. The number of primary amides is 2. The van der Waals surface area contributed by atoms with Crippen molar-refractivity contribution in [3.05, 3.63) is 24.3 Å². The van der Waals surface area contributed by atoms with Gasteiger partial charge in [0.15, 0.2) is 0 Å². The number of allylic oxidation sites excluding steroid dienone is 1. The van der Waals surface area contributed by atoms with Gasteiger partial charge in [-0.3, -0.25) is 9.59 Å². The molecule has 2 amide bonds. The molecule has 1 aliphatic rings. The number of hydrogen-bond acceptors (Lipinski definition) is 3. The Morgan fingerprint density at radius 1 is 1.22 bits per heavy atom. The Hall–Kier alpha value is -2.99. The predicted octanol–water partition coefficient (Wildman–Crippen LogP) is 0.577. The van der Waals surface area contributed by atoms with Gasteiger partial charge in [-0.25, -0.2) is 4.98 Å². The van der Waals surface area contributed by atoms with E-state index >= 15 is 0 Å². The lowest BCUT2D eigenvalue weighted by Crippen LogP contribution is -2.47. The topological polar surface area (TPSA) is 115 Å². The summed E-state index contributed by atoms with van der Waals surface area (Å²) in [5.74, 6) is 10.5. The molecule has 118 valence electrons.